The number of para-hydroxylation sites is 1. The molecule has 1 heterocycles. The van der Waals surface area contributed by atoms with Crippen LogP contribution in [0.15, 0.2) is 42.5 Å². The summed E-state index contributed by atoms with van der Waals surface area (Å²) < 4.78 is 0. The van der Waals surface area contributed by atoms with E-state index in [4.69, 9.17) is 11.6 Å². The molecule has 1 N–H and O–H groups in total. The van der Waals surface area contributed by atoms with Gasteiger partial charge in [0.1, 0.15) is 0 Å². The van der Waals surface area contributed by atoms with Gasteiger partial charge in [-0.2, -0.15) is 0 Å². The van der Waals surface area contributed by atoms with Crippen molar-refractivity contribution in [1.82, 2.24) is 0 Å². The summed E-state index contributed by atoms with van der Waals surface area (Å²) in [6.07, 6.45) is 1.01. The molecule has 3 rings (SSSR count). The van der Waals surface area contributed by atoms with Crippen LogP contribution in [-0.2, 0) is 6.42 Å². The summed E-state index contributed by atoms with van der Waals surface area (Å²) in [5, 5.41) is 4.35. The van der Waals surface area contributed by atoms with E-state index in [2.05, 4.69) is 49.5 Å². The van der Waals surface area contributed by atoms with E-state index < -0.39 is 0 Å². The lowest BCUT2D eigenvalue weighted by Gasteiger charge is -2.13. The maximum absolute atomic E-state index is 6.23. The number of hydrogen-bond acceptors (Lipinski definition) is 1. The SMILES string of the molecule is CC(C)c1ccc(C2Cc3cccc(Cl)c3N2)cc1. The van der Waals surface area contributed by atoms with E-state index in [1.807, 2.05) is 12.1 Å². The summed E-state index contributed by atoms with van der Waals surface area (Å²) in [5.41, 5.74) is 5.13. The molecule has 1 aliphatic rings. The third-order valence-corrected chi connectivity index (χ3v) is 4.16. The van der Waals surface area contributed by atoms with E-state index in [1.54, 1.807) is 0 Å². The van der Waals surface area contributed by atoms with Crippen LogP contribution in [0.25, 0.3) is 0 Å². The Morgan fingerprint density at radius 3 is 2.47 bits per heavy atom. The molecule has 2 aromatic carbocycles. The number of halogens is 1. The van der Waals surface area contributed by atoms with Gasteiger partial charge < -0.3 is 5.32 Å². The number of nitrogens with one attached hydrogen (secondary N) is 1. The predicted molar refractivity (Wildman–Crippen MR) is 82.1 cm³/mol. The quantitative estimate of drug-likeness (QED) is 0.794. The highest BCUT2D eigenvalue weighted by atomic mass is 35.5. The van der Waals surface area contributed by atoms with Gasteiger partial charge in [0, 0.05) is 0 Å². The average Bonchev–Trinajstić information content (AvgIpc) is 2.84. The van der Waals surface area contributed by atoms with E-state index in [1.165, 1.54) is 16.7 Å². The molecule has 0 aliphatic carbocycles. The summed E-state index contributed by atoms with van der Waals surface area (Å²) >= 11 is 6.23. The first kappa shape index (κ1) is 12.6. The maximum atomic E-state index is 6.23. The van der Waals surface area contributed by atoms with E-state index >= 15 is 0 Å². The van der Waals surface area contributed by atoms with Crippen molar-refractivity contribution in [3.8, 4) is 0 Å². The van der Waals surface area contributed by atoms with Gasteiger partial charge in [-0.1, -0.05) is 61.8 Å². The molecule has 1 unspecified atom stereocenters. The third kappa shape index (κ3) is 2.35. The summed E-state index contributed by atoms with van der Waals surface area (Å²) in [7, 11) is 0. The van der Waals surface area contributed by atoms with Crippen LogP contribution < -0.4 is 5.32 Å². The zero-order valence-electron chi connectivity index (χ0n) is 11.3. The Morgan fingerprint density at radius 1 is 1.11 bits per heavy atom. The molecule has 0 fully saturated rings. The summed E-state index contributed by atoms with van der Waals surface area (Å²) in [5.74, 6) is 0.581. The molecule has 0 amide bonds. The lowest BCUT2D eigenvalue weighted by Crippen LogP contribution is -2.05. The Balaban J connectivity index is 1.85. The first-order valence-corrected chi connectivity index (χ1v) is 7.16. The molecule has 0 saturated heterocycles. The van der Waals surface area contributed by atoms with Crippen molar-refractivity contribution in [3.63, 3.8) is 0 Å². The zero-order chi connectivity index (χ0) is 13.4. The van der Waals surface area contributed by atoms with Crippen molar-refractivity contribution in [2.24, 2.45) is 0 Å². The van der Waals surface area contributed by atoms with E-state index in [0.29, 0.717) is 12.0 Å². The summed E-state index contributed by atoms with van der Waals surface area (Å²) in [4.78, 5) is 0. The summed E-state index contributed by atoms with van der Waals surface area (Å²) in [6, 6.07) is 15.4. The molecule has 2 aromatic rings. The molecule has 0 saturated carbocycles. The van der Waals surface area contributed by atoms with Crippen LogP contribution >= 0.6 is 11.6 Å². The monoisotopic (exact) mass is 271 g/mol. The highest BCUT2D eigenvalue weighted by Crippen LogP contribution is 2.38. The Kier molecular flexibility index (Phi) is 3.24. The van der Waals surface area contributed by atoms with Crippen molar-refractivity contribution in [1.29, 1.82) is 0 Å². The van der Waals surface area contributed by atoms with Gasteiger partial charge in [-0.15, -0.1) is 0 Å². The Hall–Kier alpha value is -1.47. The number of anilines is 1. The molecule has 0 radical (unpaired) electrons. The molecule has 1 nitrogen and oxygen atoms in total. The first-order chi connectivity index (χ1) is 9.15. The van der Waals surface area contributed by atoms with Crippen LogP contribution in [0, 0.1) is 0 Å². The Labute approximate surface area is 119 Å². The Bertz CT molecular complexity index is 587. The van der Waals surface area contributed by atoms with Gasteiger partial charge in [0.25, 0.3) is 0 Å². The largest absolute Gasteiger partial charge is 0.376 e. The second kappa shape index (κ2) is 4.90. The first-order valence-electron chi connectivity index (χ1n) is 6.79. The van der Waals surface area contributed by atoms with Crippen LogP contribution in [0.1, 0.15) is 42.5 Å². The smallest absolute Gasteiger partial charge is 0.0640 e. The number of hydrogen-bond donors (Lipinski definition) is 1. The fourth-order valence-corrected chi connectivity index (χ4v) is 2.91. The highest BCUT2D eigenvalue weighted by Gasteiger charge is 2.23. The fraction of sp³-hybridized carbons (Fsp3) is 0.294. The van der Waals surface area contributed by atoms with E-state index in [9.17, 15) is 0 Å². The van der Waals surface area contributed by atoms with Crippen molar-refractivity contribution >= 4 is 17.3 Å². The molecule has 98 valence electrons. The van der Waals surface area contributed by atoms with Crippen LogP contribution in [0.2, 0.25) is 5.02 Å². The minimum Gasteiger partial charge on any atom is -0.376 e. The van der Waals surface area contributed by atoms with Crippen molar-refractivity contribution in [2.45, 2.75) is 32.2 Å². The van der Waals surface area contributed by atoms with Gasteiger partial charge >= 0.3 is 0 Å². The van der Waals surface area contributed by atoms with Crippen LogP contribution in [-0.4, -0.2) is 0 Å². The number of benzene rings is 2. The van der Waals surface area contributed by atoms with E-state index in [-0.39, 0.29) is 0 Å². The Morgan fingerprint density at radius 2 is 1.84 bits per heavy atom. The zero-order valence-corrected chi connectivity index (χ0v) is 12.0. The lowest BCUT2D eigenvalue weighted by atomic mass is 9.98. The van der Waals surface area contributed by atoms with Gasteiger partial charge in [-0.05, 0) is 35.1 Å². The standard InChI is InChI=1S/C17H18ClN/c1-11(2)12-6-8-13(9-7-12)16-10-14-4-3-5-15(18)17(14)19-16/h3-9,11,16,19H,10H2,1-2H3. The molecule has 2 heteroatoms. The summed E-state index contributed by atoms with van der Waals surface area (Å²) in [6.45, 7) is 4.44. The molecule has 0 spiro atoms. The second-order valence-electron chi connectivity index (χ2n) is 5.50. The lowest BCUT2D eigenvalue weighted by molar-refractivity contribution is 0.816. The third-order valence-electron chi connectivity index (χ3n) is 3.85. The second-order valence-corrected chi connectivity index (χ2v) is 5.90. The van der Waals surface area contributed by atoms with Gasteiger partial charge in [0.2, 0.25) is 0 Å². The predicted octanol–water partition coefficient (Wildman–Crippen LogP) is 5.17. The molecule has 1 atom stereocenters. The molecule has 0 bridgehead atoms. The number of fused-ring (bicyclic) bond motifs is 1. The van der Waals surface area contributed by atoms with Gasteiger partial charge in [0.05, 0.1) is 16.8 Å². The fourth-order valence-electron chi connectivity index (χ4n) is 2.66. The normalized spacial score (nSPS) is 17.4. The molecular weight excluding hydrogens is 254 g/mol. The topological polar surface area (TPSA) is 12.0 Å². The molecular formula is C17H18ClN. The van der Waals surface area contributed by atoms with Crippen LogP contribution in [0.5, 0.6) is 0 Å². The average molecular weight is 272 g/mol. The van der Waals surface area contributed by atoms with Crippen molar-refractivity contribution < 1.29 is 0 Å². The van der Waals surface area contributed by atoms with Crippen molar-refractivity contribution in [2.75, 3.05) is 5.32 Å². The van der Waals surface area contributed by atoms with Crippen LogP contribution in [0.3, 0.4) is 0 Å². The number of rotatable bonds is 2. The van der Waals surface area contributed by atoms with Crippen molar-refractivity contribution in [3.05, 3.63) is 64.2 Å². The minimum atomic E-state index is 0.344. The molecule has 1 aliphatic heterocycles. The maximum Gasteiger partial charge on any atom is 0.0640 e. The van der Waals surface area contributed by atoms with Gasteiger partial charge in [-0.3, -0.25) is 0 Å². The highest BCUT2D eigenvalue weighted by molar-refractivity contribution is 6.33. The van der Waals surface area contributed by atoms with E-state index in [0.717, 1.165) is 17.1 Å². The van der Waals surface area contributed by atoms with Crippen LogP contribution in [0.4, 0.5) is 5.69 Å². The molecule has 0 aromatic heterocycles. The van der Waals surface area contributed by atoms with Gasteiger partial charge in [0.15, 0.2) is 0 Å². The minimum absolute atomic E-state index is 0.344. The molecule has 19 heavy (non-hydrogen) atoms. The van der Waals surface area contributed by atoms with Gasteiger partial charge in [-0.25, -0.2) is 0 Å².